The van der Waals surface area contributed by atoms with E-state index in [2.05, 4.69) is 4.90 Å². The molecular formula is C8H18N2O. The molecule has 1 atom stereocenters. The molecule has 0 aromatic heterocycles. The molecule has 1 aliphatic heterocycles. The van der Waals surface area contributed by atoms with Crippen LogP contribution >= 0.6 is 0 Å². The molecule has 0 bridgehead atoms. The van der Waals surface area contributed by atoms with Crippen LogP contribution in [-0.4, -0.2) is 43.8 Å². The summed E-state index contributed by atoms with van der Waals surface area (Å²) in [6.45, 7) is 6.93. The van der Waals surface area contributed by atoms with Crippen molar-refractivity contribution in [2.75, 3.05) is 32.8 Å². The van der Waals surface area contributed by atoms with Crippen LogP contribution in [0.4, 0.5) is 0 Å². The van der Waals surface area contributed by atoms with Crippen LogP contribution < -0.4 is 5.73 Å². The second kappa shape index (κ2) is 4.70. The van der Waals surface area contributed by atoms with Gasteiger partial charge in [-0.25, -0.2) is 0 Å². The molecule has 1 fully saturated rings. The molecule has 0 amide bonds. The molecule has 1 saturated heterocycles. The zero-order valence-electron chi connectivity index (χ0n) is 7.25. The molecule has 0 radical (unpaired) electrons. The van der Waals surface area contributed by atoms with Crippen molar-refractivity contribution >= 4 is 0 Å². The molecule has 0 unspecified atom stereocenters. The van der Waals surface area contributed by atoms with Gasteiger partial charge in [0.1, 0.15) is 0 Å². The summed E-state index contributed by atoms with van der Waals surface area (Å²) in [7, 11) is 0. The first kappa shape index (κ1) is 8.97. The lowest BCUT2D eigenvalue weighted by Gasteiger charge is -2.14. The smallest absolute Gasteiger partial charge is 0.0593 e. The highest BCUT2D eigenvalue weighted by atomic mass is 16.5. The van der Waals surface area contributed by atoms with Crippen LogP contribution in [0.1, 0.15) is 13.3 Å². The first-order valence-corrected chi connectivity index (χ1v) is 4.38. The standard InChI is InChI=1S/C8H18N2O/c1-2-11-6-5-10-4-3-8(9)7-10/h8H,2-7,9H2,1H3/t8-/m1/s1. The van der Waals surface area contributed by atoms with Gasteiger partial charge in [0.2, 0.25) is 0 Å². The van der Waals surface area contributed by atoms with Gasteiger partial charge < -0.3 is 10.5 Å². The molecule has 3 nitrogen and oxygen atoms in total. The summed E-state index contributed by atoms with van der Waals surface area (Å²) in [5.41, 5.74) is 5.75. The molecule has 0 aliphatic carbocycles. The van der Waals surface area contributed by atoms with Gasteiger partial charge in [0.15, 0.2) is 0 Å². The maximum atomic E-state index is 5.75. The molecule has 11 heavy (non-hydrogen) atoms. The van der Waals surface area contributed by atoms with Gasteiger partial charge in [0, 0.05) is 25.7 Å². The first-order valence-electron chi connectivity index (χ1n) is 4.38. The molecule has 1 aliphatic rings. The van der Waals surface area contributed by atoms with E-state index < -0.39 is 0 Å². The summed E-state index contributed by atoms with van der Waals surface area (Å²) in [6, 6.07) is 0.400. The van der Waals surface area contributed by atoms with Gasteiger partial charge in [-0.05, 0) is 19.9 Å². The SMILES string of the molecule is CCOCCN1CC[C@@H](N)C1. The van der Waals surface area contributed by atoms with Gasteiger partial charge in [-0.1, -0.05) is 0 Å². The summed E-state index contributed by atoms with van der Waals surface area (Å²) in [5, 5.41) is 0. The number of hydrogen-bond acceptors (Lipinski definition) is 3. The molecule has 1 rings (SSSR count). The van der Waals surface area contributed by atoms with Crippen LogP contribution in [0.5, 0.6) is 0 Å². The average molecular weight is 158 g/mol. The third kappa shape index (κ3) is 3.18. The van der Waals surface area contributed by atoms with E-state index >= 15 is 0 Å². The summed E-state index contributed by atoms with van der Waals surface area (Å²) in [5.74, 6) is 0. The zero-order valence-corrected chi connectivity index (χ0v) is 7.25. The van der Waals surface area contributed by atoms with Crippen molar-refractivity contribution in [3.8, 4) is 0 Å². The van der Waals surface area contributed by atoms with Crippen molar-refractivity contribution < 1.29 is 4.74 Å². The van der Waals surface area contributed by atoms with E-state index in [4.69, 9.17) is 10.5 Å². The van der Waals surface area contributed by atoms with Crippen molar-refractivity contribution in [2.24, 2.45) is 5.73 Å². The highest BCUT2D eigenvalue weighted by molar-refractivity contribution is 4.77. The van der Waals surface area contributed by atoms with E-state index in [-0.39, 0.29) is 0 Å². The lowest BCUT2D eigenvalue weighted by molar-refractivity contribution is 0.121. The number of likely N-dealkylation sites (tertiary alicyclic amines) is 1. The Bertz CT molecular complexity index is 108. The van der Waals surface area contributed by atoms with E-state index in [1.54, 1.807) is 0 Å². The molecule has 0 aromatic carbocycles. The Hall–Kier alpha value is -0.120. The van der Waals surface area contributed by atoms with Gasteiger partial charge >= 0.3 is 0 Å². The van der Waals surface area contributed by atoms with E-state index in [1.165, 1.54) is 0 Å². The van der Waals surface area contributed by atoms with Gasteiger partial charge in [-0.15, -0.1) is 0 Å². The minimum Gasteiger partial charge on any atom is -0.380 e. The predicted octanol–water partition coefficient (Wildman–Crippen LogP) is 0.0559. The Kier molecular flexibility index (Phi) is 3.83. The fourth-order valence-corrected chi connectivity index (χ4v) is 1.40. The predicted molar refractivity (Wildman–Crippen MR) is 45.5 cm³/mol. The second-order valence-electron chi connectivity index (χ2n) is 3.05. The summed E-state index contributed by atoms with van der Waals surface area (Å²) < 4.78 is 5.25. The molecule has 0 aromatic rings. The van der Waals surface area contributed by atoms with E-state index in [9.17, 15) is 0 Å². The van der Waals surface area contributed by atoms with Crippen molar-refractivity contribution in [2.45, 2.75) is 19.4 Å². The van der Waals surface area contributed by atoms with Crippen LogP contribution in [-0.2, 0) is 4.74 Å². The van der Waals surface area contributed by atoms with Gasteiger partial charge in [-0.2, -0.15) is 0 Å². The Morgan fingerprint density at radius 1 is 1.64 bits per heavy atom. The Morgan fingerprint density at radius 3 is 3.00 bits per heavy atom. The van der Waals surface area contributed by atoms with Crippen molar-refractivity contribution in [1.29, 1.82) is 0 Å². The number of nitrogens with zero attached hydrogens (tertiary/aromatic N) is 1. The van der Waals surface area contributed by atoms with Crippen LogP contribution in [0.2, 0.25) is 0 Å². The zero-order chi connectivity index (χ0) is 8.10. The topological polar surface area (TPSA) is 38.5 Å². The lowest BCUT2D eigenvalue weighted by atomic mass is 10.3. The first-order chi connectivity index (χ1) is 5.33. The van der Waals surface area contributed by atoms with Crippen molar-refractivity contribution in [3.05, 3.63) is 0 Å². The van der Waals surface area contributed by atoms with Crippen molar-refractivity contribution in [3.63, 3.8) is 0 Å². The number of hydrogen-bond donors (Lipinski definition) is 1. The molecule has 3 heteroatoms. The van der Waals surface area contributed by atoms with Crippen LogP contribution in [0.3, 0.4) is 0 Å². The molecule has 0 saturated carbocycles. The number of nitrogens with two attached hydrogens (primary N) is 1. The van der Waals surface area contributed by atoms with E-state index in [0.717, 1.165) is 39.3 Å². The molecule has 2 N–H and O–H groups in total. The van der Waals surface area contributed by atoms with Crippen LogP contribution in [0, 0.1) is 0 Å². The third-order valence-corrected chi connectivity index (χ3v) is 2.06. The lowest BCUT2D eigenvalue weighted by Crippen LogP contribution is -2.29. The summed E-state index contributed by atoms with van der Waals surface area (Å²) in [4.78, 5) is 2.36. The maximum Gasteiger partial charge on any atom is 0.0593 e. The fraction of sp³-hybridized carbons (Fsp3) is 1.00. The fourth-order valence-electron chi connectivity index (χ4n) is 1.40. The van der Waals surface area contributed by atoms with Crippen molar-refractivity contribution in [1.82, 2.24) is 4.90 Å². The monoisotopic (exact) mass is 158 g/mol. The summed E-state index contributed by atoms with van der Waals surface area (Å²) in [6.07, 6.45) is 1.14. The quantitative estimate of drug-likeness (QED) is 0.588. The largest absolute Gasteiger partial charge is 0.380 e. The maximum absolute atomic E-state index is 5.75. The Labute approximate surface area is 68.5 Å². The number of ether oxygens (including phenoxy) is 1. The van der Waals surface area contributed by atoms with Gasteiger partial charge in [0.25, 0.3) is 0 Å². The number of rotatable bonds is 4. The molecule has 66 valence electrons. The Morgan fingerprint density at radius 2 is 2.45 bits per heavy atom. The average Bonchev–Trinajstić information content (AvgIpc) is 2.37. The minimum atomic E-state index is 0.400. The van der Waals surface area contributed by atoms with E-state index in [0.29, 0.717) is 6.04 Å². The van der Waals surface area contributed by atoms with E-state index in [1.807, 2.05) is 6.92 Å². The Balaban J connectivity index is 1.99. The highest BCUT2D eigenvalue weighted by Gasteiger charge is 2.17. The van der Waals surface area contributed by atoms with Crippen LogP contribution in [0.25, 0.3) is 0 Å². The third-order valence-electron chi connectivity index (χ3n) is 2.06. The van der Waals surface area contributed by atoms with Crippen LogP contribution in [0.15, 0.2) is 0 Å². The minimum absolute atomic E-state index is 0.400. The molecule has 1 heterocycles. The second-order valence-corrected chi connectivity index (χ2v) is 3.05. The van der Waals surface area contributed by atoms with Gasteiger partial charge in [-0.3, -0.25) is 4.90 Å². The normalized spacial score (nSPS) is 26.2. The van der Waals surface area contributed by atoms with Gasteiger partial charge in [0.05, 0.1) is 6.61 Å². The molecule has 0 spiro atoms. The molecular weight excluding hydrogens is 140 g/mol. The highest BCUT2D eigenvalue weighted by Crippen LogP contribution is 2.05. The summed E-state index contributed by atoms with van der Waals surface area (Å²) >= 11 is 0.